The summed E-state index contributed by atoms with van der Waals surface area (Å²) >= 11 is 0. The van der Waals surface area contributed by atoms with Gasteiger partial charge in [0, 0.05) is 19.5 Å². The number of methoxy groups -OCH3 is 1. The van der Waals surface area contributed by atoms with Crippen LogP contribution in [0.25, 0.3) is 0 Å². The van der Waals surface area contributed by atoms with Crippen molar-refractivity contribution in [1.29, 1.82) is 0 Å². The highest BCUT2D eigenvalue weighted by molar-refractivity contribution is 5.87. The van der Waals surface area contributed by atoms with Gasteiger partial charge >= 0.3 is 0 Å². The van der Waals surface area contributed by atoms with Gasteiger partial charge in [0.1, 0.15) is 17.5 Å². The molecule has 1 unspecified atom stereocenters. The first-order chi connectivity index (χ1) is 15.1. The van der Waals surface area contributed by atoms with Crippen LogP contribution in [0.15, 0.2) is 54.6 Å². The second-order valence-electron chi connectivity index (χ2n) is 7.35. The van der Waals surface area contributed by atoms with Crippen LogP contribution in [0, 0.1) is 0 Å². The van der Waals surface area contributed by atoms with E-state index >= 15 is 0 Å². The molecule has 0 fully saturated rings. The smallest absolute Gasteiger partial charge is 0.242 e. The van der Waals surface area contributed by atoms with Crippen LogP contribution in [0.1, 0.15) is 45.1 Å². The van der Waals surface area contributed by atoms with E-state index in [0.29, 0.717) is 39.0 Å². The largest absolute Gasteiger partial charge is 0.497 e. The van der Waals surface area contributed by atoms with E-state index in [0.717, 1.165) is 23.5 Å². The lowest BCUT2D eigenvalue weighted by Crippen LogP contribution is -2.49. The molecule has 0 bridgehead atoms. The average molecular weight is 427 g/mol. The van der Waals surface area contributed by atoms with Crippen LogP contribution in [0.3, 0.4) is 0 Å². The van der Waals surface area contributed by atoms with Crippen molar-refractivity contribution in [1.82, 2.24) is 10.2 Å². The van der Waals surface area contributed by atoms with E-state index < -0.39 is 6.04 Å². The number of carbonyl (C=O) groups excluding carboxylic acids is 2. The summed E-state index contributed by atoms with van der Waals surface area (Å²) < 4.78 is 10.9. The Balaban J connectivity index is 2.04. The number of hydrogen-bond donors (Lipinski definition) is 1. The number of hydrogen-bond acceptors (Lipinski definition) is 4. The van der Waals surface area contributed by atoms with E-state index in [-0.39, 0.29) is 11.8 Å². The van der Waals surface area contributed by atoms with E-state index in [2.05, 4.69) is 5.32 Å². The standard InChI is InChI=1S/C25H34N2O4/c1-4-17-26-25(29)23(5-2)27(19-20-13-15-21(30-3)16-14-20)24(28)12-9-18-31-22-10-7-6-8-11-22/h6-8,10-11,13-16,23H,4-5,9,12,17-19H2,1-3H3,(H,26,29). The van der Waals surface area contributed by atoms with Gasteiger partial charge in [-0.05, 0) is 49.1 Å². The molecule has 0 aromatic heterocycles. The Kier molecular flexibility index (Phi) is 10.4. The molecule has 2 rings (SSSR count). The zero-order valence-corrected chi connectivity index (χ0v) is 18.8. The zero-order chi connectivity index (χ0) is 22.5. The molecule has 0 heterocycles. The van der Waals surface area contributed by atoms with E-state index in [1.165, 1.54) is 0 Å². The normalized spacial score (nSPS) is 11.5. The molecule has 2 amide bonds. The maximum Gasteiger partial charge on any atom is 0.242 e. The van der Waals surface area contributed by atoms with Gasteiger partial charge in [-0.25, -0.2) is 0 Å². The SMILES string of the molecule is CCCNC(=O)C(CC)N(Cc1ccc(OC)cc1)C(=O)CCCOc1ccccc1. The molecule has 6 nitrogen and oxygen atoms in total. The van der Waals surface area contributed by atoms with Gasteiger partial charge < -0.3 is 19.7 Å². The van der Waals surface area contributed by atoms with E-state index in [4.69, 9.17) is 9.47 Å². The Morgan fingerprint density at radius 3 is 2.32 bits per heavy atom. The third kappa shape index (κ3) is 7.96. The summed E-state index contributed by atoms with van der Waals surface area (Å²) in [6.07, 6.45) is 2.31. The Hall–Kier alpha value is -3.02. The van der Waals surface area contributed by atoms with Crippen molar-refractivity contribution in [3.05, 3.63) is 60.2 Å². The minimum atomic E-state index is -0.504. The predicted octanol–water partition coefficient (Wildman–Crippen LogP) is 4.19. The second kappa shape index (κ2) is 13.3. The number of nitrogens with one attached hydrogen (secondary N) is 1. The molecular weight excluding hydrogens is 392 g/mol. The second-order valence-corrected chi connectivity index (χ2v) is 7.35. The number of ether oxygens (including phenoxy) is 2. The molecule has 2 aromatic rings. The van der Waals surface area contributed by atoms with E-state index in [1.807, 2.05) is 68.4 Å². The molecule has 6 heteroatoms. The lowest BCUT2D eigenvalue weighted by molar-refractivity contribution is -0.141. The van der Waals surface area contributed by atoms with Gasteiger partial charge in [-0.3, -0.25) is 9.59 Å². The number of para-hydroxylation sites is 1. The van der Waals surface area contributed by atoms with Crippen molar-refractivity contribution >= 4 is 11.8 Å². The van der Waals surface area contributed by atoms with Crippen LogP contribution < -0.4 is 14.8 Å². The molecule has 31 heavy (non-hydrogen) atoms. The van der Waals surface area contributed by atoms with Gasteiger partial charge in [0.25, 0.3) is 0 Å². The van der Waals surface area contributed by atoms with Crippen molar-refractivity contribution < 1.29 is 19.1 Å². The van der Waals surface area contributed by atoms with Gasteiger partial charge in [0.05, 0.1) is 13.7 Å². The lowest BCUT2D eigenvalue weighted by atomic mass is 10.1. The highest BCUT2D eigenvalue weighted by Gasteiger charge is 2.28. The van der Waals surface area contributed by atoms with E-state index in [1.54, 1.807) is 12.0 Å². The summed E-state index contributed by atoms with van der Waals surface area (Å²) in [6.45, 7) is 5.37. The van der Waals surface area contributed by atoms with E-state index in [9.17, 15) is 9.59 Å². The maximum absolute atomic E-state index is 13.1. The van der Waals surface area contributed by atoms with Crippen molar-refractivity contribution in [2.45, 2.75) is 52.1 Å². The van der Waals surface area contributed by atoms with Crippen LogP contribution in [-0.4, -0.2) is 43.0 Å². The molecule has 0 aliphatic rings. The van der Waals surface area contributed by atoms with Crippen LogP contribution in [0.4, 0.5) is 0 Å². The van der Waals surface area contributed by atoms with Crippen molar-refractivity contribution in [2.24, 2.45) is 0 Å². The number of rotatable bonds is 13. The lowest BCUT2D eigenvalue weighted by Gasteiger charge is -2.30. The number of benzene rings is 2. The van der Waals surface area contributed by atoms with Crippen LogP contribution >= 0.6 is 0 Å². The summed E-state index contributed by atoms with van der Waals surface area (Å²) in [7, 11) is 1.62. The first-order valence-corrected chi connectivity index (χ1v) is 11.0. The summed E-state index contributed by atoms with van der Waals surface area (Å²) in [5.74, 6) is 1.39. The minimum Gasteiger partial charge on any atom is -0.497 e. The molecule has 0 aliphatic heterocycles. The summed E-state index contributed by atoms with van der Waals surface area (Å²) in [5, 5.41) is 2.93. The minimum absolute atomic E-state index is 0.0500. The predicted molar refractivity (Wildman–Crippen MR) is 122 cm³/mol. The Bertz CT molecular complexity index is 793. The van der Waals surface area contributed by atoms with Crippen LogP contribution in [0.5, 0.6) is 11.5 Å². The molecular formula is C25H34N2O4. The van der Waals surface area contributed by atoms with Gasteiger partial charge in [-0.15, -0.1) is 0 Å². The molecule has 0 saturated carbocycles. The van der Waals surface area contributed by atoms with Gasteiger partial charge in [0.2, 0.25) is 11.8 Å². The number of carbonyl (C=O) groups is 2. The molecule has 0 radical (unpaired) electrons. The molecule has 1 N–H and O–H groups in total. The van der Waals surface area contributed by atoms with Gasteiger partial charge in [-0.2, -0.15) is 0 Å². The molecule has 1 atom stereocenters. The maximum atomic E-state index is 13.1. The zero-order valence-electron chi connectivity index (χ0n) is 18.8. The average Bonchev–Trinajstić information content (AvgIpc) is 2.81. The first kappa shape index (κ1) is 24.3. The summed E-state index contributed by atoms with van der Waals surface area (Å²) in [4.78, 5) is 27.6. The van der Waals surface area contributed by atoms with Crippen LogP contribution in [0.2, 0.25) is 0 Å². The molecule has 2 aromatic carbocycles. The fourth-order valence-electron chi connectivity index (χ4n) is 3.29. The van der Waals surface area contributed by atoms with Gasteiger partial charge in [-0.1, -0.05) is 44.2 Å². The summed E-state index contributed by atoms with van der Waals surface area (Å²) in [5.41, 5.74) is 0.955. The highest BCUT2D eigenvalue weighted by atomic mass is 16.5. The molecule has 0 saturated heterocycles. The molecule has 168 valence electrons. The highest BCUT2D eigenvalue weighted by Crippen LogP contribution is 2.17. The van der Waals surface area contributed by atoms with Crippen molar-refractivity contribution in [3.8, 4) is 11.5 Å². The molecule has 0 aliphatic carbocycles. The molecule has 0 spiro atoms. The third-order valence-electron chi connectivity index (χ3n) is 4.99. The number of nitrogens with zero attached hydrogens (tertiary/aromatic N) is 1. The fourth-order valence-corrected chi connectivity index (χ4v) is 3.29. The fraction of sp³-hybridized carbons (Fsp3) is 0.440. The van der Waals surface area contributed by atoms with Crippen molar-refractivity contribution in [2.75, 3.05) is 20.3 Å². The Morgan fingerprint density at radius 1 is 1.00 bits per heavy atom. The topological polar surface area (TPSA) is 67.9 Å². The first-order valence-electron chi connectivity index (χ1n) is 11.0. The Labute approximate surface area is 185 Å². The third-order valence-corrected chi connectivity index (χ3v) is 4.99. The number of amides is 2. The van der Waals surface area contributed by atoms with Gasteiger partial charge in [0.15, 0.2) is 0 Å². The monoisotopic (exact) mass is 426 g/mol. The quantitative estimate of drug-likeness (QED) is 0.488. The summed E-state index contributed by atoms with van der Waals surface area (Å²) in [6, 6.07) is 16.6. The Morgan fingerprint density at radius 2 is 1.71 bits per heavy atom. The van der Waals surface area contributed by atoms with Crippen molar-refractivity contribution in [3.63, 3.8) is 0 Å². The van der Waals surface area contributed by atoms with Crippen LogP contribution in [-0.2, 0) is 16.1 Å².